The van der Waals surface area contributed by atoms with Gasteiger partial charge in [0, 0.05) is 15.5 Å². The number of amides is 1. The Morgan fingerprint density at radius 3 is 2.78 bits per heavy atom. The van der Waals surface area contributed by atoms with Crippen molar-refractivity contribution in [2.75, 3.05) is 11.9 Å². The molecule has 2 N–H and O–H groups in total. The molecule has 0 atom stereocenters. The number of carbonyl (C=O) groups is 2. The largest absolute Gasteiger partial charge is 0.462 e. The molecule has 3 aromatic rings. The van der Waals surface area contributed by atoms with Gasteiger partial charge in [-0.15, -0.1) is 11.3 Å². The van der Waals surface area contributed by atoms with Crippen LogP contribution in [0.15, 0.2) is 34.7 Å². The molecule has 10 heteroatoms. The quantitative estimate of drug-likeness (QED) is 0.319. The molecule has 2 heterocycles. The van der Waals surface area contributed by atoms with Crippen LogP contribution in [-0.2, 0) is 17.6 Å². The topological polar surface area (TPSA) is 80.6 Å². The van der Waals surface area contributed by atoms with E-state index in [-0.39, 0.29) is 23.4 Å². The Hall–Kier alpha value is -2.39. The number of aryl methyl sites for hydroxylation is 1. The fourth-order valence-corrected chi connectivity index (χ4v) is 5.55. The number of ether oxygens (including phenoxy) is 1. The van der Waals surface area contributed by atoms with Crippen LogP contribution in [0.1, 0.15) is 44.7 Å². The number of rotatable bonds is 5. The van der Waals surface area contributed by atoms with Gasteiger partial charge in [0.25, 0.3) is 5.91 Å². The second-order valence-corrected chi connectivity index (χ2v) is 9.34. The number of benzene rings is 1. The molecule has 1 aromatic carbocycles. The number of fused-ring (bicyclic) bond motifs is 1. The van der Waals surface area contributed by atoms with E-state index in [1.165, 1.54) is 17.4 Å². The summed E-state index contributed by atoms with van der Waals surface area (Å²) >= 11 is 18.9. The summed E-state index contributed by atoms with van der Waals surface area (Å²) < 4.78 is 10.9. The average Bonchev–Trinajstić information content (AvgIpc) is 3.44. The highest BCUT2D eigenvalue weighted by Gasteiger charge is 2.28. The van der Waals surface area contributed by atoms with Crippen LogP contribution in [-0.4, -0.2) is 23.6 Å². The Balaban J connectivity index is 1.47. The molecule has 0 radical (unpaired) electrons. The molecule has 32 heavy (non-hydrogen) atoms. The number of halogens is 2. The maximum Gasteiger partial charge on any atom is 0.341 e. The van der Waals surface area contributed by atoms with Crippen LogP contribution in [0.4, 0.5) is 5.00 Å². The molecular formula is C22H18Cl2N2O4S2. The molecule has 0 unspecified atom stereocenters. The number of thiophene rings is 1. The second-order valence-electron chi connectivity index (χ2n) is 6.98. The lowest BCUT2D eigenvalue weighted by Crippen LogP contribution is -2.34. The molecule has 6 nitrogen and oxygen atoms in total. The van der Waals surface area contributed by atoms with E-state index in [9.17, 15) is 9.59 Å². The predicted molar refractivity (Wildman–Crippen MR) is 130 cm³/mol. The van der Waals surface area contributed by atoms with E-state index < -0.39 is 5.91 Å². The lowest BCUT2D eigenvalue weighted by molar-refractivity contribution is 0.0527. The van der Waals surface area contributed by atoms with Gasteiger partial charge in [0.2, 0.25) is 0 Å². The Kier molecular flexibility index (Phi) is 6.85. The number of hydrogen-bond donors (Lipinski definition) is 2. The van der Waals surface area contributed by atoms with Gasteiger partial charge in [-0.2, -0.15) is 0 Å². The number of thiocarbonyl (C=S) groups is 1. The number of anilines is 1. The Morgan fingerprint density at radius 2 is 2.03 bits per heavy atom. The van der Waals surface area contributed by atoms with Crippen molar-refractivity contribution in [2.24, 2.45) is 0 Å². The van der Waals surface area contributed by atoms with Gasteiger partial charge in [-0.25, -0.2) is 4.79 Å². The third kappa shape index (κ3) is 4.68. The minimum absolute atomic E-state index is 0.0583. The van der Waals surface area contributed by atoms with Gasteiger partial charge in [-0.3, -0.25) is 10.1 Å². The molecule has 0 saturated carbocycles. The van der Waals surface area contributed by atoms with E-state index >= 15 is 0 Å². The van der Waals surface area contributed by atoms with Crippen molar-refractivity contribution in [1.29, 1.82) is 0 Å². The van der Waals surface area contributed by atoms with Gasteiger partial charge < -0.3 is 14.5 Å². The Labute approximate surface area is 203 Å². The zero-order chi connectivity index (χ0) is 22.8. The zero-order valence-electron chi connectivity index (χ0n) is 16.9. The first kappa shape index (κ1) is 22.8. The predicted octanol–water partition coefficient (Wildman–Crippen LogP) is 6.11. The summed E-state index contributed by atoms with van der Waals surface area (Å²) in [6.45, 7) is 2.04. The second kappa shape index (κ2) is 9.62. The first-order valence-corrected chi connectivity index (χ1v) is 11.8. The Bertz CT molecular complexity index is 1220. The summed E-state index contributed by atoms with van der Waals surface area (Å²) in [6.07, 6.45) is 2.74. The van der Waals surface area contributed by atoms with Crippen molar-refractivity contribution < 1.29 is 18.7 Å². The zero-order valence-corrected chi connectivity index (χ0v) is 20.1. The highest BCUT2D eigenvalue weighted by atomic mass is 35.5. The van der Waals surface area contributed by atoms with Gasteiger partial charge in [0.05, 0.1) is 17.2 Å². The highest BCUT2D eigenvalue weighted by molar-refractivity contribution is 7.80. The minimum atomic E-state index is -0.527. The fourth-order valence-electron chi connectivity index (χ4n) is 3.50. The van der Waals surface area contributed by atoms with Crippen LogP contribution in [0.3, 0.4) is 0 Å². The van der Waals surface area contributed by atoms with E-state index in [4.69, 9.17) is 44.6 Å². The van der Waals surface area contributed by atoms with Gasteiger partial charge in [0.1, 0.15) is 10.8 Å². The average molecular weight is 509 g/mol. The highest BCUT2D eigenvalue weighted by Crippen LogP contribution is 2.39. The summed E-state index contributed by atoms with van der Waals surface area (Å²) in [5.41, 5.74) is 2.11. The monoisotopic (exact) mass is 508 g/mol. The van der Waals surface area contributed by atoms with Crippen molar-refractivity contribution in [3.63, 3.8) is 0 Å². The van der Waals surface area contributed by atoms with Crippen molar-refractivity contribution in [3.8, 4) is 11.3 Å². The van der Waals surface area contributed by atoms with Gasteiger partial charge in [-0.1, -0.05) is 23.2 Å². The lowest BCUT2D eigenvalue weighted by Gasteiger charge is -2.10. The number of carbonyl (C=O) groups excluding carboxylic acids is 2. The van der Waals surface area contributed by atoms with Crippen LogP contribution < -0.4 is 10.6 Å². The van der Waals surface area contributed by atoms with Crippen LogP contribution in [0.2, 0.25) is 10.0 Å². The van der Waals surface area contributed by atoms with E-state index in [1.54, 1.807) is 31.2 Å². The molecule has 1 amide bonds. The van der Waals surface area contributed by atoms with E-state index in [0.717, 1.165) is 29.7 Å². The molecule has 1 aliphatic carbocycles. The number of hydrogen-bond acceptors (Lipinski definition) is 6. The van der Waals surface area contributed by atoms with Crippen molar-refractivity contribution in [2.45, 2.75) is 26.2 Å². The summed E-state index contributed by atoms with van der Waals surface area (Å²) in [7, 11) is 0. The summed E-state index contributed by atoms with van der Waals surface area (Å²) in [5.74, 6) is -0.427. The third-order valence-electron chi connectivity index (χ3n) is 4.88. The van der Waals surface area contributed by atoms with E-state index in [2.05, 4.69) is 10.6 Å². The number of nitrogens with one attached hydrogen (secondary N) is 2. The normalized spacial score (nSPS) is 12.3. The SMILES string of the molecule is CCOC(=O)c1c(NC(=S)NC(=O)c2ccc(-c3ccc(Cl)cc3Cl)o2)sc2c1CCC2. The maximum atomic E-state index is 12.6. The van der Waals surface area contributed by atoms with E-state index in [1.807, 2.05) is 0 Å². The minimum Gasteiger partial charge on any atom is -0.462 e. The fraction of sp³-hybridized carbons (Fsp3) is 0.227. The first-order chi connectivity index (χ1) is 15.4. The molecular weight excluding hydrogens is 491 g/mol. The van der Waals surface area contributed by atoms with Crippen LogP contribution >= 0.6 is 46.8 Å². The molecule has 1 aliphatic rings. The summed E-state index contributed by atoms with van der Waals surface area (Å²) in [4.78, 5) is 26.2. The van der Waals surface area contributed by atoms with Crippen molar-refractivity contribution >= 4 is 68.7 Å². The molecule has 0 bridgehead atoms. The molecule has 0 aliphatic heterocycles. The van der Waals surface area contributed by atoms with Crippen molar-refractivity contribution in [1.82, 2.24) is 5.32 Å². The number of esters is 1. The number of furan rings is 1. The summed E-state index contributed by atoms with van der Waals surface area (Å²) in [5, 5.41) is 7.10. The smallest absolute Gasteiger partial charge is 0.341 e. The standard InChI is InChI=1S/C22H18Cl2N2O4S2/c1-2-29-21(28)18-13-4-3-5-17(13)32-20(18)26-22(31)25-19(27)16-9-8-15(30-16)12-7-6-11(23)10-14(12)24/h6-10H,2-5H2,1H3,(H2,25,26,27,31). The van der Waals surface area contributed by atoms with Crippen LogP contribution in [0.25, 0.3) is 11.3 Å². The molecule has 0 saturated heterocycles. The maximum absolute atomic E-state index is 12.6. The lowest BCUT2D eigenvalue weighted by atomic mass is 10.1. The van der Waals surface area contributed by atoms with Crippen molar-refractivity contribution in [3.05, 3.63) is 62.1 Å². The van der Waals surface area contributed by atoms with Gasteiger partial charge >= 0.3 is 5.97 Å². The van der Waals surface area contributed by atoms with Crippen LogP contribution in [0, 0.1) is 0 Å². The van der Waals surface area contributed by atoms with E-state index in [0.29, 0.717) is 31.9 Å². The molecule has 0 fully saturated rings. The van der Waals surface area contributed by atoms with Gasteiger partial charge in [-0.05, 0) is 74.3 Å². The molecule has 0 spiro atoms. The summed E-state index contributed by atoms with van der Waals surface area (Å²) in [6, 6.07) is 8.16. The third-order valence-corrected chi connectivity index (χ3v) is 6.84. The molecule has 166 valence electrons. The molecule has 4 rings (SSSR count). The van der Waals surface area contributed by atoms with Crippen LogP contribution in [0.5, 0.6) is 0 Å². The van der Waals surface area contributed by atoms with Gasteiger partial charge in [0.15, 0.2) is 10.9 Å². The molecule has 2 aromatic heterocycles. The first-order valence-electron chi connectivity index (χ1n) is 9.86. The Morgan fingerprint density at radius 1 is 1.22 bits per heavy atom.